The van der Waals surface area contributed by atoms with Crippen molar-refractivity contribution < 1.29 is 9.22 Å². The summed E-state index contributed by atoms with van der Waals surface area (Å²) < 4.78 is 5.68. The minimum absolute atomic E-state index is 0.191. The third-order valence-electron chi connectivity index (χ3n) is 2.78. The van der Waals surface area contributed by atoms with Crippen LogP contribution in [0.5, 0.6) is 0 Å². The number of Topliss-reactive ketones (excluding diaryl/α,β-unsaturated/α-hetero) is 1. The summed E-state index contributed by atoms with van der Waals surface area (Å²) in [5, 5.41) is 0. The highest BCUT2D eigenvalue weighted by atomic mass is 28.3. The van der Waals surface area contributed by atoms with E-state index in [1.165, 1.54) is 0 Å². The molecule has 1 rings (SSSR count). The second-order valence-electron chi connectivity index (χ2n) is 5.63. The lowest BCUT2D eigenvalue weighted by Crippen LogP contribution is -2.26. The van der Waals surface area contributed by atoms with E-state index in [1.807, 2.05) is 0 Å². The van der Waals surface area contributed by atoms with Gasteiger partial charge in [0.1, 0.15) is 5.76 Å². The lowest BCUT2D eigenvalue weighted by atomic mass is 9.75. The van der Waals surface area contributed by atoms with Gasteiger partial charge >= 0.3 is 0 Å². The second kappa shape index (κ2) is 4.52. The van der Waals surface area contributed by atoms with Crippen molar-refractivity contribution in [2.24, 2.45) is 11.3 Å². The molecule has 0 N–H and O–H groups in total. The molecule has 0 aromatic rings. The minimum atomic E-state index is -1.15. The fourth-order valence-electron chi connectivity index (χ4n) is 1.81. The molecule has 1 atom stereocenters. The molecule has 0 radical (unpaired) electrons. The van der Waals surface area contributed by atoms with E-state index in [0.717, 1.165) is 6.42 Å². The van der Waals surface area contributed by atoms with E-state index in [0.29, 0.717) is 18.1 Å². The molecule has 0 bridgehead atoms. The van der Waals surface area contributed by atoms with Crippen molar-refractivity contribution in [3.8, 4) is 0 Å². The Labute approximate surface area is 94.4 Å². The van der Waals surface area contributed by atoms with Crippen molar-refractivity contribution in [2.75, 3.05) is 0 Å². The number of carbonyl (C=O) groups excluding carboxylic acids is 1. The van der Waals surface area contributed by atoms with Crippen LogP contribution in [0.2, 0.25) is 13.1 Å². The van der Waals surface area contributed by atoms with Crippen LogP contribution < -0.4 is 0 Å². The molecular weight excluding hydrogens is 204 g/mol. The SMILES string of the molecule is C[SiH](C)OC1=C[C@@H](C(C)(C)C)CCC1=O. The van der Waals surface area contributed by atoms with Crippen LogP contribution in [-0.4, -0.2) is 14.8 Å². The van der Waals surface area contributed by atoms with E-state index in [2.05, 4.69) is 39.9 Å². The van der Waals surface area contributed by atoms with E-state index >= 15 is 0 Å². The van der Waals surface area contributed by atoms with Crippen molar-refractivity contribution >= 4 is 14.8 Å². The predicted octanol–water partition coefficient (Wildman–Crippen LogP) is 2.90. The maximum atomic E-state index is 11.6. The molecule has 1 aliphatic carbocycles. The molecule has 0 unspecified atom stereocenters. The van der Waals surface area contributed by atoms with E-state index in [-0.39, 0.29) is 11.2 Å². The first-order valence-corrected chi connectivity index (χ1v) is 8.50. The van der Waals surface area contributed by atoms with Crippen LogP contribution >= 0.6 is 0 Å². The van der Waals surface area contributed by atoms with Gasteiger partial charge in [-0.25, -0.2) is 0 Å². The average Bonchev–Trinajstić information content (AvgIpc) is 2.06. The molecule has 0 spiro atoms. The van der Waals surface area contributed by atoms with Crippen molar-refractivity contribution in [3.05, 3.63) is 11.8 Å². The maximum Gasteiger partial charge on any atom is 0.229 e. The molecule has 0 saturated carbocycles. The molecule has 0 aliphatic heterocycles. The van der Waals surface area contributed by atoms with Gasteiger partial charge in [0.25, 0.3) is 0 Å². The molecule has 0 saturated heterocycles. The van der Waals surface area contributed by atoms with Gasteiger partial charge in [-0.2, -0.15) is 0 Å². The summed E-state index contributed by atoms with van der Waals surface area (Å²) in [6.45, 7) is 10.8. The minimum Gasteiger partial charge on any atom is -0.545 e. The van der Waals surface area contributed by atoms with Crippen LogP contribution in [0.1, 0.15) is 33.6 Å². The Kier molecular flexibility index (Phi) is 3.76. The van der Waals surface area contributed by atoms with Crippen LogP contribution in [0.15, 0.2) is 11.8 Å². The summed E-state index contributed by atoms with van der Waals surface area (Å²) in [6, 6.07) is 0. The molecule has 0 fully saturated rings. The quantitative estimate of drug-likeness (QED) is 0.677. The van der Waals surface area contributed by atoms with Gasteiger partial charge in [-0.3, -0.25) is 4.79 Å². The Morgan fingerprint density at radius 2 is 2.00 bits per heavy atom. The molecular formula is C12H22O2Si. The molecule has 15 heavy (non-hydrogen) atoms. The molecule has 86 valence electrons. The van der Waals surface area contributed by atoms with Gasteiger partial charge in [-0.1, -0.05) is 20.8 Å². The van der Waals surface area contributed by atoms with E-state index in [1.54, 1.807) is 0 Å². The van der Waals surface area contributed by atoms with Gasteiger partial charge in [0.15, 0.2) is 5.78 Å². The van der Waals surface area contributed by atoms with Gasteiger partial charge in [0, 0.05) is 6.42 Å². The Morgan fingerprint density at radius 3 is 2.47 bits per heavy atom. The maximum absolute atomic E-state index is 11.6. The number of allylic oxidation sites excluding steroid dienone is 2. The summed E-state index contributed by atoms with van der Waals surface area (Å²) in [5.74, 6) is 1.30. The third kappa shape index (κ3) is 3.49. The van der Waals surface area contributed by atoms with Crippen LogP contribution in [0.25, 0.3) is 0 Å². The zero-order valence-corrected chi connectivity index (χ0v) is 11.6. The molecule has 0 aromatic carbocycles. The number of ketones is 1. The van der Waals surface area contributed by atoms with Crippen LogP contribution in [0.3, 0.4) is 0 Å². The first kappa shape index (κ1) is 12.5. The molecule has 3 heteroatoms. The van der Waals surface area contributed by atoms with Gasteiger partial charge in [0.2, 0.25) is 9.04 Å². The first-order chi connectivity index (χ1) is 6.80. The zero-order valence-electron chi connectivity index (χ0n) is 10.5. The zero-order chi connectivity index (χ0) is 11.6. The van der Waals surface area contributed by atoms with Gasteiger partial charge in [0.05, 0.1) is 0 Å². The van der Waals surface area contributed by atoms with Gasteiger partial charge in [-0.05, 0) is 36.9 Å². The number of hydrogen-bond acceptors (Lipinski definition) is 2. The predicted molar refractivity (Wildman–Crippen MR) is 65.2 cm³/mol. The highest BCUT2D eigenvalue weighted by Gasteiger charge is 2.29. The molecule has 0 amide bonds. The number of hydrogen-bond donors (Lipinski definition) is 0. The summed E-state index contributed by atoms with van der Waals surface area (Å²) in [5.41, 5.74) is 0.230. The van der Waals surface area contributed by atoms with E-state index < -0.39 is 9.04 Å². The highest BCUT2D eigenvalue weighted by Crippen LogP contribution is 2.35. The Hall–Kier alpha value is -0.573. The van der Waals surface area contributed by atoms with Crippen molar-refractivity contribution in [2.45, 2.75) is 46.7 Å². The second-order valence-corrected chi connectivity index (χ2v) is 7.97. The van der Waals surface area contributed by atoms with Crippen molar-refractivity contribution in [1.29, 1.82) is 0 Å². The lowest BCUT2D eigenvalue weighted by molar-refractivity contribution is -0.118. The Bertz CT molecular complexity index is 274. The topological polar surface area (TPSA) is 26.3 Å². The fraction of sp³-hybridized carbons (Fsp3) is 0.750. The normalized spacial score (nSPS) is 22.9. The fourth-order valence-corrected chi connectivity index (χ4v) is 2.53. The summed E-state index contributed by atoms with van der Waals surface area (Å²) in [4.78, 5) is 11.6. The number of carbonyl (C=O) groups is 1. The van der Waals surface area contributed by atoms with Gasteiger partial charge < -0.3 is 4.43 Å². The smallest absolute Gasteiger partial charge is 0.229 e. The van der Waals surface area contributed by atoms with Crippen molar-refractivity contribution in [1.82, 2.24) is 0 Å². The third-order valence-corrected chi connectivity index (χ3v) is 3.51. The standard InChI is InChI=1S/C12H22O2Si/c1-12(2,3)9-6-7-10(13)11(8-9)14-15(4)5/h8-9,15H,6-7H2,1-5H3/t9-/m0/s1. The summed E-state index contributed by atoms with van der Waals surface area (Å²) in [7, 11) is -1.15. The average molecular weight is 226 g/mol. The molecule has 2 nitrogen and oxygen atoms in total. The van der Waals surface area contributed by atoms with Crippen LogP contribution in [0, 0.1) is 11.3 Å². The van der Waals surface area contributed by atoms with E-state index in [9.17, 15) is 4.79 Å². The number of rotatable bonds is 2. The monoisotopic (exact) mass is 226 g/mol. The highest BCUT2D eigenvalue weighted by molar-refractivity contribution is 6.49. The van der Waals surface area contributed by atoms with E-state index in [4.69, 9.17) is 4.43 Å². The first-order valence-electron chi connectivity index (χ1n) is 5.72. The van der Waals surface area contributed by atoms with Crippen molar-refractivity contribution in [3.63, 3.8) is 0 Å². The summed E-state index contributed by atoms with van der Waals surface area (Å²) in [6.07, 6.45) is 3.67. The molecule has 1 aliphatic rings. The largest absolute Gasteiger partial charge is 0.545 e. The van der Waals surface area contributed by atoms with Crippen LogP contribution in [0.4, 0.5) is 0 Å². The van der Waals surface area contributed by atoms with Gasteiger partial charge in [-0.15, -0.1) is 0 Å². The summed E-state index contributed by atoms with van der Waals surface area (Å²) >= 11 is 0. The molecule has 0 aromatic heterocycles. The Balaban J connectivity index is 2.81. The van der Waals surface area contributed by atoms with Crippen LogP contribution in [-0.2, 0) is 9.22 Å². The Morgan fingerprint density at radius 1 is 1.40 bits per heavy atom. The molecule has 0 heterocycles. The lowest BCUT2D eigenvalue weighted by Gasteiger charge is -2.31.